The van der Waals surface area contributed by atoms with Crippen LogP contribution in [0, 0.1) is 5.82 Å². The van der Waals surface area contributed by atoms with Gasteiger partial charge in [-0.15, -0.1) is 5.06 Å². The Bertz CT molecular complexity index is 1440. The largest absolute Gasteiger partial charge is 0.497 e. The molecule has 12 heteroatoms. The van der Waals surface area contributed by atoms with E-state index in [1.165, 1.54) is 26.4 Å². The molecular weight excluding hydrogens is 555 g/mol. The zero-order valence-electron chi connectivity index (χ0n) is 22.8. The van der Waals surface area contributed by atoms with E-state index >= 15 is 0 Å². The van der Waals surface area contributed by atoms with E-state index in [1.54, 1.807) is 29.2 Å². The lowest BCUT2D eigenvalue weighted by atomic mass is 9.92. The number of hydroxylamine groups is 2. The number of carbonyl (C=O) groups excluding carboxylic acids is 2. The monoisotopic (exact) mass is 586 g/mol. The number of ether oxygens (including phenoxy) is 2. The van der Waals surface area contributed by atoms with E-state index in [-0.39, 0.29) is 18.5 Å². The third-order valence-corrected chi connectivity index (χ3v) is 7.11. The van der Waals surface area contributed by atoms with Crippen LogP contribution in [0.15, 0.2) is 78.9 Å². The summed E-state index contributed by atoms with van der Waals surface area (Å²) in [5, 5.41) is 0.606. The number of nitrogens with zero attached hydrogens (tertiary/aromatic N) is 2. The molecule has 3 aromatic rings. The summed E-state index contributed by atoms with van der Waals surface area (Å²) in [7, 11) is -1.27. The van der Waals surface area contributed by atoms with Crippen LogP contribution in [0.3, 0.4) is 0 Å². The van der Waals surface area contributed by atoms with Gasteiger partial charge in [0, 0.05) is 13.7 Å². The molecule has 0 N–H and O–H groups in total. The Hall–Kier alpha value is -3.68. The van der Waals surface area contributed by atoms with Crippen LogP contribution in [0.2, 0.25) is 0 Å². The Kier molecular flexibility index (Phi) is 9.84. The number of hydrogen-bond acceptors (Lipinski definition) is 9. The maximum absolute atomic E-state index is 14.0. The van der Waals surface area contributed by atoms with E-state index in [1.807, 2.05) is 30.3 Å². The molecule has 0 aliphatic carbocycles. The Morgan fingerprint density at radius 3 is 2.12 bits per heavy atom. The molecule has 10 nitrogen and oxygen atoms in total. The van der Waals surface area contributed by atoms with Crippen LogP contribution >= 0.6 is 0 Å². The van der Waals surface area contributed by atoms with Crippen molar-refractivity contribution in [2.45, 2.75) is 31.2 Å². The van der Waals surface area contributed by atoms with Crippen molar-refractivity contribution >= 4 is 21.9 Å². The van der Waals surface area contributed by atoms with Gasteiger partial charge in [0.25, 0.3) is 21.9 Å². The number of amides is 2. The Balaban J connectivity index is 1.88. The summed E-state index contributed by atoms with van der Waals surface area (Å²) in [5.74, 6) is -1.46. The van der Waals surface area contributed by atoms with E-state index in [0.717, 1.165) is 29.5 Å². The number of hydrogen-bond donors (Lipinski definition) is 0. The third kappa shape index (κ3) is 7.54. The Morgan fingerprint density at radius 2 is 1.54 bits per heavy atom. The lowest BCUT2D eigenvalue weighted by Gasteiger charge is -2.46. The molecule has 0 spiro atoms. The first-order valence-electron chi connectivity index (χ1n) is 12.7. The van der Waals surface area contributed by atoms with Gasteiger partial charge in [0.15, 0.2) is 6.79 Å². The number of carbonyl (C=O) groups is 2. The number of rotatable bonds is 12. The van der Waals surface area contributed by atoms with Crippen molar-refractivity contribution in [2.75, 3.05) is 27.3 Å². The molecule has 3 aromatic carbocycles. The van der Waals surface area contributed by atoms with Gasteiger partial charge >= 0.3 is 0 Å². The second kappa shape index (κ2) is 13.3. The fourth-order valence-electron chi connectivity index (χ4n) is 4.70. The van der Waals surface area contributed by atoms with Crippen LogP contribution < -0.4 is 4.74 Å². The minimum atomic E-state index is -4.14. The quantitative estimate of drug-likeness (QED) is 0.179. The van der Waals surface area contributed by atoms with E-state index < -0.39 is 52.7 Å². The number of methoxy groups -OCH3 is 2. The molecule has 1 fully saturated rings. The van der Waals surface area contributed by atoms with Gasteiger partial charge < -0.3 is 9.47 Å². The minimum Gasteiger partial charge on any atom is -0.497 e. The topological polar surface area (TPSA) is 112 Å². The SMILES string of the molecule is COCON1C(=O)[C@H]([C@H](OS(C)(=O)=O)c2ccc(F)cc2)N(Cc2ccc(OC)cc2)[C@@H](Cc2ccccc2)C1=O. The fraction of sp³-hybridized carbons (Fsp3) is 0.310. The Labute approximate surface area is 238 Å². The number of piperazine rings is 1. The predicted molar refractivity (Wildman–Crippen MR) is 146 cm³/mol. The molecule has 1 saturated heterocycles. The summed E-state index contributed by atoms with van der Waals surface area (Å²) in [5.41, 5.74) is 1.74. The zero-order valence-corrected chi connectivity index (χ0v) is 23.6. The standard InChI is InChI=1S/C29H31FN2O8S/c1-37-19-39-32-28(33)25(17-20-7-5-4-6-8-20)31(18-21-9-15-24(38-2)16-10-21)26(29(32)34)27(40-41(3,35)36)22-11-13-23(30)14-12-22/h4-16,25-27H,17-19H2,1-3H3/t25-,26-,27+/m0/s1. The summed E-state index contributed by atoms with van der Waals surface area (Å²) in [6.07, 6.45) is -0.422. The fourth-order valence-corrected chi connectivity index (χ4v) is 5.29. The maximum atomic E-state index is 14.0. The molecule has 1 aliphatic heterocycles. The van der Waals surface area contributed by atoms with E-state index in [4.69, 9.17) is 18.5 Å². The minimum absolute atomic E-state index is 0.0621. The van der Waals surface area contributed by atoms with Gasteiger partial charge in [-0.05, 0) is 47.4 Å². The highest BCUT2D eigenvalue weighted by molar-refractivity contribution is 7.86. The molecule has 41 heavy (non-hydrogen) atoms. The van der Waals surface area contributed by atoms with Gasteiger partial charge in [-0.2, -0.15) is 8.42 Å². The highest BCUT2D eigenvalue weighted by atomic mass is 32.2. The van der Waals surface area contributed by atoms with Crippen LogP contribution in [0.4, 0.5) is 4.39 Å². The summed E-state index contributed by atoms with van der Waals surface area (Å²) in [4.78, 5) is 34.9. The lowest BCUT2D eigenvalue weighted by molar-refractivity contribution is -0.237. The third-order valence-electron chi connectivity index (χ3n) is 6.56. The van der Waals surface area contributed by atoms with Crippen molar-refractivity contribution in [2.24, 2.45) is 0 Å². The van der Waals surface area contributed by atoms with Crippen molar-refractivity contribution in [1.82, 2.24) is 9.96 Å². The average molecular weight is 587 g/mol. The molecule has 0 aromatic heterocycles. The summed E-state index contributed by atoms with van der Waals surface area (Å²) in [6.45, 7) is -0.346. The van der Waals surface area contributed by atoms with Crippen molar-refractivity contribution in [3.8, 4) is 5.75 Å². The van der Waals surface area contributed by atoms with Crippen molar-refractivity contribution in [3.05, 3.63) is 101 Å². The normalized spacial score (nSPS) is 18.9. The lowest BCUT2D eigenvalue weighted by Crippen LogP contribution is -2.66. The average Bonchev–Trinajstić information content (AvgIpc) is 2.95. The highest BCUT2D eigenvalue weighted by Crippen LogP contribution is 2.35. The highest BCUT2D eigenvalue weighted by Gasteiger charge is 2.52. The van der Waals surface area contributed by atoms with Crippen molar-refractivity contribution in [1.29, 1.82) is 0 Å². The molecule has 2 amide bonds. The first-order chi connectivity index (χ1) is 19.6. The van der Waals surface area contributed by atoms with Crippen LogP contribution in [0.1, 0.15) is 22.8 Å². The number of imide groups is 1. The smallest absolute Gasteiger partial charge is 0.274 e. The van der Waals surface area contributed by atoms with Gasteiger partial charge in [-0.1, -0.05) is 54.6 Å². The van der Waals surface area contributed by atoms with Crippen LogP contribution in [-0.2, 0) is 46.4 Å². The van der Waals surface area contributed by atoms with Crippen LogP contribution in [-0.4, -0.2) is 69.5 Å². The van der Waals surface area contributed by atoms with E-state index in [2.05, 4.69) is 0 Å². The number of halogens is 1. The predicted octanol–water partition coefficient (Wildman–Crippen LogP) is 3.24. The zero-order chi connectivity index (χ0) is 29.6. The maximum Gasteiger partial charge on any atom is 0.274 e. The van der Waals surface area contributed by atoms with Gasteiger partial charge in [0.2, 0.25) is 0 Å². The van der Waals surface area contributed by atoms with Crippen molar-refractivity contribution in [3.63, 3.8) is 0 Å². The second-order valence-electron chi connectivity index (χ2n) is 9.45. The molecule has 0 unspecified atom stereocenters. The summed E-state index contributed by atoms with van der Waals surface area (Å²) >= 11 is 0. The molecular formula is C29H31FN2O8S. The molecule has 218 valence electrons. The van der Waals surface area contributed by atoms with Crippen LogP contribution in [0.5, 0.6) is 5.75 Å². The summed E-state index contributed by atoms with van der Waals surface area (Å²) < 4.78 is 54.5. The van der Waals surface area contributed by atoms with Crippen LogP contribution in [0.25, 0.3) is 0 Å². The van der Waals surface area contributed by atoms with Gasteiger partial charge in [-0.25, -0.2) is 9.23 Å². The number of benzene rings is 3. The van der Waals surface area contributed by atoms with E-state index in [0.29, 0.717) is 10.8 Å². The first kappa shape index (κ1) is 30.3. The second-order valence-corrected chi connectivity index (χ2v) is 11.1. The molecule has 3 atom stereocenters. The van der Waals surface area contributed by atoms with E-state index in [9.17, 15) is 22.4 Å². The molecule has 1 heterocycles. The van der Waals surface area contributed by atoms with Gasteiger partial charge in [-0.3, -0.25) is 18.7 Å². The Morgan fingerprint density at radius 1 is 0.878 bits per heavy atom. The van der Waals surface area contributed by atoms with Crippen molar-refractivity contribution < 1.29 is 40.9 Å². The molecule has 1 aliphatic rings. The molecule has 0 bridgehead atoms. The van der Waals surface area contributed by atoms with Gasteiger partial charge in [0.1, 0.15) is 23.7 Å². The van der Waals surface area contributed by atoms with Gasteiger partial charge in [0.05, 0.1) is 19.4 Å². The first-order valence-corrected chi connectivity index (χ1v) is 14.5. The molecule has 4 rings (SSSR count). The molecule has 0 saturated carbocycles. The molecule has 0 radical (unpaired) electrons. The summed E-state index contributed by atoms with van der Waals surface area (Å²) in [6, 6.07) is 18.8.